The number of nitrogens with one attached hydrogen (secondary N) is 1. The SMILES string of the molecule is CC(C)Cn1ccnc1NC(C)C(C)(C)C. The largest absolute Gasteiger partial charge is 0.353 e. The summed E-state index contributed by atoms with van der Waals surface area (Å²) >= 11 is 0. The molecule has 0 aromatic carbocycles. The van der Waals surface area contributed by atoms with E-state index in [-0.39, 0.29) is 5.41 Å². The summed E-state index contributed by atoms with van der Waals surface area (Å²) in [4.78, 5) is 4.37. The van der Waals surface area contributed by atoms with Gasteiger partial charge in [-0.2, -0.15) is 0 Å². The summed E-state index contributed by atoms with van der Waals surface area (Å²) in [6.07, 6.45) is 3.90. The molecule has 0 aliphatic heterocycles. The first-order valence-corrected chi connectivity index (χ1v) is 6.08. The van der Waals surface area contributed by atoms with Gasteiger partial charge >= 0.3 is 0 Å². The smallest absolute Gasteiger partial charge is 0.203 e. The molecular weight excluding hydrogens is 198 g/mol. The van der Waals surface area contributed by atoms with E-state index in [0.29, 0.717) is 12.0 Å². The Labute approximate surface area is 99.3 Å². The standard InChI is InChI=1S/C13H25N3/c1-10(2)9-16-8-7-14-12(16)15-11(3)13(4,5)6/h7-8,10-11H,9H2,1-6H3,(H,14,15). The van der Waals surface area contributed by atoms with Gasteiger partial charge in [-0.15, -0.1) is 0 Å². The molecule has 0 aliphatic carbocycles. The molecule has 3 heteroatoms. The predicted octanol–water partition coefficient (Wildman–Crippen LogP) is 3.39. The van der Waals surface area contributed by atoms with Crippen molar-refractivity contribution in [2.75, 3.05) is 5.32 Å². The van der Waals surface area contributed by atoms with E-state index in [1.54, 1.807) is 0 Å². The van der Waals surface area contributed by atoms with Crippen LogP contribution in [0, 0.1) is 11.3 Å². The maximum absolute atomic E-state index is 4.37. The number of anilines is 1. The van der Waals surface area contributed by atoms with Crippen molar-refractivity contribution in [1.82, 2.24) is 9.55 Å². The van der Waals surface area contributed by atoms with Crippen LogP contribution in [0.1, 0.15) is 41.5 Å². The van der Waals surface area contributed by atoms with Crippen LogP contribution in [0.25, 0.3) is 0 Å². The zero-order valence-electron chi connectivity index (χ0n) is 11.4. The van der Waals surface area contributed by atoms with Crippen LogP contribution in [0.5, 0.6) is 0 Å². The highest BCUT2D eigenvalue weighted by Gasteiger charge is 2.21. The van der Waals surface area contributed by atoms with Gasteiger partial charge in [-0.3, -0.25) is 0 Å². The third-order valence-corrected chi connectivity index (χ3v) is 2.92. The molecule has 0 aliphatic rings. The van der Waals surface area contributed by atoms with E-state index in [4.69, 9.17) is 0 Å². The summed E-state index contributed by atoms with van der Waals surface area (Å²) < 4.78 is 2.19. The maximum atomic E-state index is 4.37. The third kappa shape index (κ3) is 3.54. The second kappa shape index (κ2) is 4.89. The van der Waals surface area contributed by atoms with Crippen LogP contribution in [-0.2, 0) is 6.54 Å². The van der Waals surface area contributed by atoms with E-state index in [0.717, 1.165) is 12.5 Å². The van der Waals surface area contributed by atoms with Crippen molar-refractivity contribution in [3.63, 3.8) is 0 Å². The van der Waals surface area contributed by atoms with Gasteiger partial charge in [-0.1, -0.05) is 34.6 Å². The Balaban J connectivity index is 2.70. The fraction of sp³-hybridized carbons (Fsp3) is 0.769. The minimum Gasteiger partial charge on any atom is -0.353 e. The molecule has 0 fully saturated rings. The molecule has 3 nitrogen and oxygen atoms in total. The zero-order chi connectivity index (χ0) is 12.3. The molecule has 1 aromatic heterocycles. The summed E-state index contributed by atoms with van der Waals surface area (Å²) in [7, 11) is 0. The van der Waals surface area contributed by atoms with Crippen molar-refractivity contribution >= 4 is 5.95 Å². The molecule has 92 valence electrons. The molecule has 1 N–H and O–H groups in total. The van der Waals surface area contributed by atoms with Gasteiger partial charge in [-0.25, -0.2) is 4.98 Å². The minimum absolute atomic E-state index is 0.245. The van der Waals surface area contributed by atoms with E-state index in [2.05, 4.69) is 56.4 Å². The first-order chi connectivity index (χ1) is 7.30. The van der Waals surface area contributed by atoms with Gasteiger partial charge in [-0.05, 0) is 18.3 Å². The van der Waals surface area contributed by atoms with Gasteiger partial charge in [0.2, 0.25) is 5.95 Å². The second-order valence-electron chi connectivity index (χ2n) is 6.03. The molecule has 1 unspecified atom stereocenters. The van der Waals surface area contributed by atoms with Gasteiger partial charge in [0.05, 0.1) is 0 Å². The molecule has 0 saturated heterocycles. The lowest BCUT2D eigenvalue weighted by Gasteiger charge is -2.28. The van der Waals surface area contributed by atoms with Crippen molar-refractivity contribution in [1.29, 1.82) is 0 Å². The zero-order valence-corrected chi connectivity index (χ0v) is 11.4. The van der Waals surface area contributed by atoms with Crippen LogP contribution in [-0.4, -0.2) is 15.6 Å². The molecule has 1 heterocycles. The third-order valence-electron chi connectivity index (χ3n) is 2.92. The van der Waals surface area contributed by atoms with Gasteiger partial charge in [0, 0.05) is 25.0 Å². The van der Waals surface area contributed by atoms with E-state index in [9.17, 15) is 0 Å². The summed E-state index contributed by atoms with van der Waals surface area (Å²) in [6, 6.07) is 0.404. The summed E-state index contributed by atoms with van der Waals surface area (Å²) in [5, 5.41) is 3.49. The number of rotatable bonds is 4. The monoisotopic (exact) mass is 223 g/mol. The van der Waals surface area contributed by atoms with Gasteiger partial charge in [0.15, 0.2) is 0 Å². The molecule has 1 atom stereocenters. The molecule has 0 radical (unpaired) electrons. The Morgan fingerprint density at radius 1 is 1.31 bits per heavy atom. The van der Waals surface area contributed by atoms with Crippen LogP contribution in [0.2, 0.25) is 0 Å². The highest BCUT2D eigenvalue weighted by Crippen LogP contribution is 2.22. The van der Waals surface area contributed by atoms with Gasteiger partial charge < -0.3 is 9.88 Å². The number of nitrogens with zero attached hydrogens (tertiary/aromatic N) is 2. The van der Waals surface area contributed by atoms with Gasteiger partial charge in [0.1, 0.15) is 0 Å². The highest BCUT2D eigenvalue weighted by molar-refractivity contribution is 5.28. The minimum atomic E-state index is 0.245. The van der Waals surface area contributed by atoms with E-state index in [1.165, 1.54) is 0 Å². The molecule has 16 heavy (non-hydrogen) atoms. The Hall–Kier alpha value is -0.990. The molecular formula is C13H25N3. The first kappa shape index (κ1) is 13.1. The van der Waals surface area contributed by atoms with Crippen LogP contribution < -0.4 is 5.32 Å². The van der Waals surface area contributed by atoms with Crippen molar-refractivity contribution in [3.8, 4) is 0 Å². The number of hydrogen-bond acceptors (Lipinski definition) is 2. The molecule has 1 rings (SSSR count). The van der Waals surface area contributed by atoms with Crippen molar-refractivity contribution in [2.24, 2.45) is 11.3 Å². The molecule has 0 amide bonds. The lowest BCUT2D eigenvalue weighted by atomic mass is 9.88. The average molecular weight is 223 g/mol. The Morgan fingerprint density at radius 3 is 2.44 bits per heavy atom. The van der Waals surface area contributed by atoms with Crippen LogP contribution in [0.4, 0.5) is 5.95 Å². The first-order valence-electron chi connectivity index (χ1n) is 6.08. The van der Waals surface area contributed by atoms with E-state index < -0.39 is 0 Å². The fourth-order valence-electron chi connectivity index (χ4n) is 1.40. The van der Waals surface area contributed by atoms with E-state index in [1.807, 2.05) is 12.4 Å². The van der Waals surface area contributed by atoms with Gasteiger partial charge in [0.25, 0.3) is 0 Å². The number of imidazole rings is 1. The quantitative estimate of drug-likeness (QED) is 0.848. The highest BCUT2D eigenvalue weighted by atomic mass is 15.2. The van der Waals surface area contributed by atoms with E-state index >= 15 is 0 Å². The molecule has 0 bridgehead atoms. The molecule has 0 spiro atoms. The van der Waals surface area contributed by atoms with Crippen LogP contribution in [0.15, 0.2) is 12.4 Å². The topological polar surface area (TPSA) is 29.9 Å². The summed E-state index contributed by atoms with van der Waals surface area (Å²) in [5.41, 5.74) is 0.245. The molecule has 0 saturated carbocycles. The van der Waals surface area contributed by atoms with Crippen LogP contribution >= 0.6 is 0 Å². The molecule has 1 aromatic rings. The van der Waals surface area contributed by atoms with Crippen LogP contribution in [0.3, 0.4) is 0 Å². The second-order valence-corrected chi connectivity index (χ2v) is 6.03. The average Bonchev–Trinajstić information content (AvgIpc) is 2.50. The number of aromatic nitrogens is 2. The lowest BCUT2D eigenvalue weighted by Crippen LogP contribution is -2.32. The van der Waals surface area contributed by atoms with Crippen molar-refractivity contribution in [3.05, 3.63) is 12.4 Å². The predicted molar refractivity (Wildman–Crippen MR) is 69.6 cm³/mol. The Bertz CT molecular complexity index is 320. The Kier molecular flexibility index (Phi) is 4.00. The number of hydrogen-bond donors (Lipinski definition) is 1. The fourth-order valence-corrected chi connectivity index (χ4v) is 1.40. The van der Waals surface area contributed by atoms with Crippen molar-refractivity contribution < 1.29 is 0 Å². The normalized spacial score (nSPS) is 14.2. The maximum Gasteiger partial charge on any atom is 0.203 e. The summed E-state index contributed by atoms with van der Waals surface area (Å²) in [5.74, 6) is 1.62. The Morgan fingerprint density at radius 2 is 1.94 bits per heavy atom. The summed E-state index contributed by atoms with van der Waals surface area (Å²) in [6.45, 7) is 14.4. The lowest BCUT2D eigenvalue weighted by molar-refractivity contribution is 0.356. The van der Waals surface area contributed by atoms with Crippen molar-refractivity contribution in [2.45, 2.75) is 54.1 Å².